The molecule has 0 amide bonds. The quantitative estimate of drug-likeness (QED) is 0.386. The fourth-order valence-electron chi connectivity index (χ4n) is 1.19. The van der Waals surface area contributed by atoms with Crippen molar-refractivity contribution in [2.75, 3.05) is 0 Å². The molecule has 0 bridgehead atoms. The molecule has 0 spiro atoms. The van der Waals surface area contributed by atoms with E-state index >= 15 is 0 Å². The molecular weight excluding hydrogens is 144 g/mol. The van der Waals surface area contributed by atoms with Gasteiger partial charge in [-0.1, -0.05) is 37.6 Å². The number of allylic oxidation sites excluding steroid dienone is 3. The third-order valence-corrected chi connectivity index (χ3v) is 2.02. The molecule has 0 aliphatic carbocycles. The molecule has 0 aromatic heterocycles. The monoisotopic (exact) mass is 166 g/mol. The van der Waals surface area contributed by atoms with Gasteiger partial charge in [0.1, 0.15) is 0 Å². The van der Waals surface area contributed by atoms with E-state index in [9.17, 15) is 0 Å². The molecule has 0 unspecified atom stereocenters. The highest BCUT2D eigenvalue weighted by atomic mass is 14.0. The molecule has 0 aliphatic heterocycles. The summed E-state index contributed by atoms with van der Waals surface area (Å²) in [6.07, 6.45) is 11.9. The van der Waals surface area contributed by atoms with Crippen molar-refractivity contribution in [3.63, 3.8) is 0 Å². The van der Waals surface area contributed by atoms with Gasteiger partial charge < -0.3 is 0 Å². The van der Waals surface area contributed by atoms with Gasteiger partial charge in [-0.15, -0.1) is 0 Å². The Kier molecular flexibility index (Phi) is 8.20. The first-order valence-corrected chi connectivity index (χ1v) is 5.09. The van der Waals surface area contributed by atoms with Crippen molar-refractivity contribution in [3.05, 3.63) is 24.3 Å². The fraction of sp³-hybridized carbons (Fsp3) is 0.667. The average molecular weight is 166 g/mol. The van der Waals surface area contributed by atoms with Crippen molar-refractivity contribution in [1.82, 2.24) is 0 Å². The van der Waals surface area contributed by atoms with Crippen molar-refractivity contribution in [2.45, 2.75) is 52.4 Å². The maximum Gasteiger partial charge on any atom is -0.0320 e. The Morgan fingerprint density at radius 3 is 2.50 bits per heavy atom. The summed E-state index contributed by atoms with van der Waals surface area (Å²) >= 11 is 0. The summed E-state index contributed by atoms with van der Waals surface area (Å²) < 4.78 is 0. The van der Waals surface area contributed by atoms with Gasteiger partial charge in [0, 0.05) is 0 Å². The van der Waals surface area contributed by atoms with Gasteiger partial charge in [0.15, 0.2) is 0 Å². The molecule has 0 radical (unpaired) electrons. The third-order valence-electron chi connectivity index (χ3n) is 2.02. The zero-order valence-electron chi connectivity index (χ0n) is 8.60. The van der Waals surface area contributed by atoms with Crippen LogP contribution in [0.2, 0.25) is 0 Å². The number of rotatable bonds is 7. The first-order valence-electron chi connectivity index (χ1n) is 5.09. The minimum absolute atomic E-state index is 1.21. The second kappa shape index (κ2) is 8.58. The lowest BCUT2D eigenvalue weighted by molar-refractivity contribution is 0.730. The smallest absolute Gasteiger partial charge is 0.0320 e. The van der Waals surface area contributed by atoms with E-state index in [1.54, 1.807) is 0 Å². The molecule has 0 fully saturated rings. The minimum Gasteiger partial charge on any atom is -0.0999 e. The summed E-state index contributed by atoms with van der Waals surface area (Å²) in [4.78, 5) is 0. The Bertz CT molecular complexity index is 131. The van der Waals surface area contributed by atoms with E-state index < -0.39 is 0 Å². The highest BCUT2D eigenvalue weighted by Crippen LogP contribution is 2.12. The van der Waals surface area contributed by atoms with E-state index in [4.69, 9.17) is 0 Å². The van der Waals surface area contributed by atoms with Crippen molar-refractivity contribution in [3.8, 4) is 0 Å². The summed E-state index contributed by atoms with van der Waals surface area (Å²) in [5.41, 5.74) is 1.43. The Morgan fingerprint density at radius 2 is 1.92 bits per heavy atom. The Hall–Kier alpha value is -0.520. The van der Waals surface area contributed by atoms with Crippen LogP contribution < -0.4 is 0 Å². The first kappa shape index (κ1) is 11.5. The molecule has 0 saturated heterocycles. The molecule has 12 heavy (non-hydrogen) atoms. The molecule has 0 N–H and O–H groups in total. The van der Waals surface area contributed by atoms with Crippen LogP contribution in [0.25, 0.3) is 0 Å². The van der Waals surface area contributed by atoms with Crippen molar-refractivity contribution >= 4 is 0 Å². The maximum absolute atomic E-state index is 4.07. The highest BCUT2D eigenvalue weighted by molar-refractivity contribution is 4.94. The Morgan fingerprint density at radius 1 is 1.25 bits per heavy atom. The van der Waals surface area contributed by atoms with Crippen molar-refractivity contribution in [1.29, 1.82) is 0 Å². The molecule has 70 valence electrons. The van der Waals surface area contributed by atoms with Gasteiger partial charge in [0.2, 0.25) is 0 Å². The molecule has 0 rings (SSSR count). The highest BCUT2D eigenvalue weighted by Gasteiger charge is 1.92. The molecule has 0 atom stereocenters. The van der Waals surface area contributed by atoms with Crippen LogP contribution >= 0.6 is 0 Å². The standard InChI is InChI=1S/C12H22/c1-4-6-8-9-11-12(3)10-7-5-2/h4,6H,3,5,7-11H2,1-2H3/b6-4-. The second-order valence-electron chi connectivity index (χ2n) is 3.31. The van der Waals surface area contributed by atoms with E-state index in [0.29, 0.717) is 0 Å². The van der Waals surface area contributed by atoms with Gasteiger partial charge >= 0.3 is 0 Å². The lowest BCUT2D eigenvalue weighted by atomic mass is 10.0. The second-order valence-corrected chi connectivity index (χ2v) is 3.31. The number of unbranched alkanes of at least 4 members (excludes halogenated alkanes) is 2. The molecule has 0 saturated carbocycles. The zero-order chi connectivity index (χ0) is 9.23. The Labute approximate surface area is 77.4 Å². The van der Waals surface area contributed by atoms with E-state index in [-0.39, 0.29) is 0 Å². The predicted octanol–water partition coefficient (Wildman–Crippen LogP) is 4.48. The maximum atomic E-state index is 4.07. The first-order chi connectivity index (χ1) is 5.81. The van der Waals surface area contributed by atoms with Gasteiger partial charge in [0.25, 0.3) is 0 Å². The van der Waals surface area contributed by atoms with Gasteiger partial charge in [-0.25, -0.2) is 0 Å². The molecule has 0 aromatic rings. The summed E-state index contributed by atoms with van der Waals surface area (Å²) in [5.74, 6) is 0. The molecule has 0 heteroatoms. The van der Waals surface area contributed by atoms with Gasteiger partial charge in [-0.2, -0.15) is 0 Å². The van der Waals surface area contributed by atoms with Gasteiger partial charge in [-0.3, -0.25) is 0 Å². The van der Waals surface area contributed by atoms with Crippen LogP contribution in [0, 0.1) is 0 Å². The Balaban J connectivity index is 3.19. The van der Waals surface area contributed by atoms with E-state index in [0.717, 1.165) is 0 Å². The lowest BCUT2D eigenvalue weighted by Crippen LogP contribution is -1.82. The van der Waals surface area contributed by atoms with Crippen LogP contribution in [-0.4, -0.2) is 0 Å². The van der Waals surface area contributed by atoms with Crippen LogP contribution in [0.15, 0.2) is 24.3 Å². The molecule has 0 nitrogen and oxygen atoms in total. The van der Waals surface area contributed by atoms with E-state index in [1.165, 1.54) is 44.1 Å². The zero-order valence-corrected chi connectivity index (χ0v) is 8.60. The molecule has 0 aliphatic rings. The largest absolute Gasteiger partial charge is 0.0999 e. The minimum atomic E-state index is 1.21. The van der Waals surface area contributed by atoms with Crippen LogP contribution in [0.5, 0.6) is 0 Å². The van der Waals surface area contributed by atoms with E-state index in [2.05, 4.69) is 32.6 Å². The van der Waals surface area contributed by atoms with Crippen LogP contribution in [0.1, 0.15) is 52.4 Å². The van der Waals surface area contributed by atoms with Crippen molar-refractivity contribution in [2.24, 2.45) is 0 Å². The van der Waals surface area contributed by atoms with Crippen LogP contribution in [-0.2, 0) is 0 Å². The van der Waals surface area contributed by atoms with E-state index in [1.807, 2.05) is 0 Å². The number of hydrogen-bond donors (Lipinski definition) is 0. The summed E-state index contributed by atoms with van der Waals surface area (Å²) in [7, 11) is 0. The van der Waals surface area contributed by atoms with Crippen LogP contribution in [0.3, 0.4) is 0 Å². The topological polar surface area (TPSA) is 0 Å². The fourth-order valence-corrected chi connectivity index (χ4v) is 1.19. The van der Waals surface area contributed by atoms with Crippen LogP contribution in [0.4, 0.5) is 0 Å². The lowest BCUT2D eigenvalue weighted by Gasteiger charge is -2.02. The SMILES string of the molecule is C=C(CCCC)CCC/C=C\C. The predicted molar refractivity (Wildman–Crippen MR) is 57.3 cm³/mol. The van der Waals surface area contributed by atoms with Gasteiger partial charge in [0.05, 0.1) is 0 Å². The third kappa shape index (κ3) is 7.59. The number of hydrogen-bond acceptors (Lipinski definition) is 0. The van der Waals surface area contributed by atoms with Crippen molar-refractivity contribution < 1.29 is 0 Å². The molecular formula is C12H22. The summed E-state index contributed by atoms with van der Waals surface area (Å²) in [5, 5.41) is 0. The van der Waals surface area contributed by atoms with Gasteiger partial charge in [-0.05, 0) is 39.0 Å². The normalized spacial score (nSPS) is 10.8. The summed E-state index contributed by atoms with van der Waals surface area (Å²) in [6.45, 7) is 8.37. The average Bonchev–Trinajstić information content (AvgIpc) is 2.09. The molecule has 0 heterocycles. The summed E-state index contributed by atoms with van der Waals surface area (Å²) in [6, 6.07) is 0. The molecule has 0 aromatic carbocycles.